The maximum Gasteiger partial charge on any atom is 0.215 e. The second-order valence-corrected chi connectivity index (χ2v) is 7.26. The lowest BCUT2D eigenvalue weighted by atomic mass is 10.2. The van der Waals surface area contributed by atoms with Crippen molar-refractivity contribution >= 4 is 34.8 Å². The summed E-state index contributed by atoms with van der Waals surface area (Å²) in [5, 5.41) is 3.17. The Morgan fingerprint density at radius 2 is 1.82 bits per heavy atom. The average molecular weight is 370 g/mol. The molecule has 1 fully saturated rings. The standard InChI is InChI=1S/C14H23N3O2S.2ClH/c18-20(19,17-9-3-1-2-4-10-17)11-8-16-13-14-6-5-7-15-12-14;;/h5-7,12,16H,1-4,8-11,13H2;2*1H. The highest BCUT2D eigenvalue weighted by Crippen LogP contribution is 2.13. The zero-order chi connectivity index (χ0) is 14.3. The zero-order valence-electron chi connectivity index (χ0n) is 12.6. The van der Waals surface area contributed by atoms with Crippen LogP contribution in [0.3, 0.4) is 0 Å². The van der Waals surface area contributed by atoms with Gasteiger partial charge >= 0.3 is 0 Å². The third kappa shape index (κ3) is 7.24. The van der Waals surface area contributed by atoms with Crippen molar-refractivity contribution in [3.8, 4) is 0 Å². The molecule has 8 heteroatoms. The fourth-order valence-corrected chi connectivity index (χ4v) is 3.86. The molecule has 0 amide bonds. The molecule has 5 nitrogen and oxygen atoms in total. The van der Waals surface area contributed by atoms with Gasteiger partial charge in [-0.15, -0.1) is 24.8 Å². The summed E-state index contributed by atoms with van der Waals surface area (Å²) in [6.45, 7) is 2.51. The lowest BCUT2D eigenvalue weighted by Crippen LogP contribution is -2.36. The fourth-order valence-electron chi connectivity index (χ4n) is 2.39. The van der Waals surface area contributed by atoms with Crippen molar-refractivity contribution in [2.45, 2.75) is 32.2 Å². The Morgan fingerprint density at radius 3 is 2.41 bits per heavy atom. The average Bonchev–Trinajstić information content (AvgIpc) is 2.74. The first-order valence-corrected chi connectivity index (χ1v) is 8.87. The second kappa shape index (κ2) is 11.2. The predicted octanol–water partition coefficient (Wildman–Crippen LogP) is 2.22. The van der Waals surface area contributed by atoms with Crippen LogP contribution in [-0.4, -0.2) is 43.1 Å². The molecule has 0 saturated carbocycles. The first kappa shape index (κ1) is 21.6. The van der Waals surface area contributed by atoms with Crippen LogP contribution in [0.15, 0.2) is 24.5 Å². The van der Waals surface area contributed by atoms with Gasteiger partial charge in [-0.1, -0.05) is 18.9 Å². The van der Waals surface area contributed by atoms with E-state index in [-0.39, 0.29) is 30.6 Å². The SMILES string of the molecule is Cl.Cl.O=S(=O)(CCNCc1cccnc1)N1CCCCCC1. The molecular weight excluding hydrogens is 345 g/mol. The minimum absolute atomic E-state index is 0. The number of nitrogens with zero attached hydrogens (tertiary/aromatic N) is 2. The van der Waals surface area contributed by atoms with Gasteiger partial charge in [-0.25, -0.2) is 12.7 Å². The van der Waals surface area contributed by atoms with Crippen LogP contribution in [0.1, 0.15) is 31.2 Å². The van der Waals surface area contributed by atoms with Crippen molar-refractivity contribution in [1.29, 1.82) is 0 Å². The van der Waals surface area contributed by atoms with Crippen molar-refractivity contribution in [3.05, 3.63) is 30.1 Å². The lowest BCUT2D eigenvalue weighted by Gasteiger charge is -2.19. The van der Waals surface area contributed by atoms with Crippen LogP contribution in [0.25, 0.3) is 0 Å². The molecule has 0 aliphatic carbocycles. The summed E-state index contributed by atoms with van der Waals surface area (Å²) in [6, 6.07) is 3.86. The van der Waals surface area contributed by atoms with E-state index < -0.39 is 10.0 Å². The van der Waals surface area contributed by atoms with E-state index >= 15 is 0 Å². The van der Waals surface area contributed by atoms with Crippen LogP contribution in [0.5, 0.6) is 0 Å². The van der Waals surface area contributed by atoms with Crippen LogP contribution in [0, 0.1) is 0 Å². The maximum absolute atomic E-state index is 12.2. The Kier molecular flexibility index (Phi) is 11.0. The minimum atomic E-state index is -3.11. The van der Waals surface area contributed by atoms with E-state index in [4.69, 9.17) is 0 Å². The summed E-state index contributed by atoms with van der Waals surface area (Å²) >= 11 is 0. The van der Waals surface area contributed by atoms with E-state index in [2.05, 4.69) is 10.3 Å². The summed E-state index contributed by atoms with van der Waals surface area (Å²) in [5.41, 5.74) is 1.07. The molecule has 2 rings (SSSR count). The van der Waals surface area contributed by atoms with E-state index in [1.807, 2.05) is 12.1 Å². The van der Waals surface area contributed by atoms with Crippen LogP contribution >= 0.6 is 24.8 Å². The van der Waals surface area contributed by atoms with E-state index in [1.165, 1.54) is 0 Å². The number of halogens is 2. The molecule has 0 radical (unpaired) electrons. The number of pyridine rings is 1. The minimum Gasteiger partial charge on any atom is -0.312 e. The Morgan fingerprint density at radius 1 is 1.14 bits per heavy atom. The molecule has 1 aliphatic rings. The van der Waals surface area contributed by atoms with Crippen molar-refractivity contribution in [1.82, 2.24) is 14.6 Å². The summed E-state index contributed by atoms with van der Waals surface area (Å²) in [5.74, 6) is 0.174. The highest BCUT2D eigenvalue weighted by atomic mass is 35.5. The zero-order valence-corrected chi connectivity index (χ0v) is 15.1. The van der Waals surface area contributed by atoms with Gasteiger partial charge in [0.1, 0.15) is 0 Å². The van der Waals surface area contributed by atoms with Gasteiger partial charge < -0.3 is 5.32 Å². The Hall–Kier alpha value is -0.400. The number of hydrogen-bond acceptors (Lipinski definition) is 4. The van der Waals surface area contributed by atoms with Crippen LogP contribution in [0.2, 0.25) is 0 Å². The summed E-state index contributed by atoms with van der Waals surface area (Å²) in [6.07, 6.45) is 7.78. The largest absolute Gasteiger partial charge is 0.312 e. The molecule has 0 spiro atoms. The second-order valence-electron chi connectivity index (χ2n) is 5.17. The molecule has 1 N–H and O–H groups in total. The molecule has 0 unspecified atom stereocenters. The number of sulfonamides is 1. The highest BCUT2D eigenvalue weighted by molar-refractivity contribution is 7.89. The van der Waals surface area contributed by atoms with Gasteiger partial charge in [0.05, 0.1) is 5.75 Å². The third-order valence-electron chi connectivity index (χ3n) is 3.55. The van der Waals surface area contributed by atoms with Gasteiger partial charge in [0.25, 0.3) is 0 Å². The summed E-state index contributed by atoms with van der Waals surface area (Å²) < 4.78 is 26.1. The highest BCUT2D eigenvalue weighted by Gasteiger charge is 2.22. The van der Waals surface area contributed by atoms with Gasteiger partial charge in [0, 0.05) is 38.6 Å². The molecule has 0 atom stereocenters. The van der Waals surface area contributed by atoms with Crippen molar-refractivity contribution in [2.75, 3.05) is 25.4 Å². The molecule has 1 aromatic heterocycles. The van der Waals surface area contributed by atoms with Crippen molar-refractivity contribution < 1.29 is 8.42 Å². The van der Waals surface area contributed by atoms with E-state index in [9.17, 15) is 8.42 Å². The van der Waals surface area contributed by atoms with Crippen LogP contribution < -0.4 is 5.32 Å². The van der Waals surface area contributed by atoms with Gasteiger partial charge in [-0.2, -0.15) is 0 Å². The molecule has 2 heterocycles. The van der Waals surface area contributed by atoms with Gasteiger partial charge in [0.2, 0.25) is 10.0 Å². The summed E-state index contributed by atoms with van der Waals surface area (Å²) in [4.78, 5) is 4.03. The summed E-state index contributed by atoms with van der Waals surface area (Å²) in [7, 11) is -3.11. The van der Waals surface area contributed by atoms with E-state index in [1.54, 1.807) is 16.7 Å². The Bertz CT molecular complexity index is 492. The molecule has 1 aromatic rings. The molecule has 22 heavy (non-hydrogen) atoms. The molecular formula is C14H25Cl2N3O2S. The monoisotopic (exact) mass is 369 g/mol. The van der Waals surface area contributed by atoms with E-state index in [0.717, 1.165) is 31.2 Å². The van der Waals surface area contributed by atoms with Crippen molar-refractivity contribution in [2.24, 2.45) is 0 Å². The number of aromatic nitrogens is 1. The number of rotatable bonds is 6. The first-order valence-electron chi connectivity index (χ1n) is 7.26. The normalized spacial score (nSPS) is 16.2. The lowest BCUT2D eigenvalue weighted by molar-refractivity contribution is 0.422. The molecule has 1 aliphatic heterocycles. The predicted molar refractivity (Wildman–Crippen MR) is 94.3 cm³/mol. The molecule has 0 bridgehead atoms. The van der Waals surface area contributed by atoms with Crippen LogP contribution in [-0.2, 0) is 16.6 Å². The number of hydrogen-bond donors (Lipinski definition) is 1. The molecule has 0 aromatic carbocycles. The van der Waals surface area contributed by atoms with Crippen molar-refractivity contribution in [3.63, 3.8) is 0 Å². The first-order chi connectivity index (χ1) is 9.68. The Labute approximate surface area is 145 Å². The van der Waals surface area contributed by atoms with Crippen LogP contribution in [0.4, 0.5) is 0 Å². The van der Waals surface area contributed by atoms with Gasteiger partial charge in [-0.3, -0.25) is 4.98 Å². The van der Waals surface area contributed by atoms with E-state index in [0.29, 0.717) is 26.2 Å². The van der Waals surface area contributed by atoms with Gasteiger partial charge in [0.15, 0.2) is 0 Å². The topological polar surface area (TPSA) is 62.3 Å². The third-order valence-corrected chi connectivity index (χ3v) is 5.42. The van der Waals surface area contributed by atoms with Gasteiger partial charge in [-0.05, 0) is 24.5 Å². The Balaban J connectivity index is 0.00000220. The smallest absolute Gasteiger partial charge is 0.215 e. The fraction of sp³-hybridized carbons (Fsp3) is 0.643. The maximum atomic E-state index is 12.2. The molecule has 1 saturated heterocycles. The number of nitrogens with one attached hydrogen (secondary N) is 1. The molecule has 128 valence electrons. The quantitative estimate of drug-likeness (QED) is 0.780.